The van der Waals surface area contributed by atoms with Crippen LogP contribution in [0.4, 0.5) is 5.69 Å². The summed E-state index contributed by atoms with van der Waals surface area (Å²) in [6, 6.07) is 27.9. The van der Waals surface area contributed by atoms with Crippen LogP contribution in [0, 0.1) is 5.92 Å². The SMILES string of the molecule is CC1=NC2=C(C(=O)C[C@@H](c3ccccc3)C2)[C@@H](c2ccc(N(C)C)cc2)C1C(=O)OCc1ccccc1. The molecule has 3 atom stereocenters. The maximum Gasteiger partial charge on any atom is 0.315 e. The summed E-state index contributed by atoms with van der Waals surface area (Å²) in [6.45, 7) is 2.07. The molecular formula is C32H32N2O3. The third-order valence-electron chi connectivity index (χ3n) is 7.41. The lowest BCUT2D eigenvalue weighted by Gasteiger charge is -2.36. The van der Waals surface area contributed by atoms with E-state index < -0.39 is 11.8 Å². The van der Waals surface area contributed by atoms with Crippen LogP contribution in [-0.2, 0) is 20.9 Å². The van der Waals surface area contributed by atoms with Crippen molar-refractivity contribution in [1.29, 1.82) is 0 Å². The summed E-state index contributed by atoms with van der Waals surface area (Å²) < 4.78 is 5.80. The van der Waals surface area contributed by atoms with E-state index in [0.29, 0.717) is 24.1 Å². The second-order valence-corrected chi connectivity index (χ2v) is 10.1. The molecule has 3 aromatic carbocycles. The summed E-state index contributed by atoms with van der Waals surface area (Å²) in [5, 5.41) is 0. The quantitative estimate of drug-likeness (QED) is 0.392. The number of nitrogens with zero attached hydrogens (tertiary/aromatic N) is 2. The number of hydrogen-bond donors (Lipinski definition) is 0. The maximum absolute atomic E-state index is 13.7. The van der Waals surface area contributed by atoms with Crippen molar-refractivity contribution in [3.8, 4) is 0 Å². The zero-order chi connectivity index (χ0) is 25.9. The van der Waals surface area contributed by atoms with Gasteiger partial charge in [-0.05, 0) is 48.1 Å². The predicted molar refractivity (Wildman–Crippen MR) is 147 cm³/mol. The molecule has 3 aromatic rings. The first-order valence-electron chi connectivity index (χ1n) is 12.8. The number of rotatable bonds is 6. The largest absolute Gasteiger partial charge is 0.460 e. The number of ether oxygens (including phenoxy) is 1. The molecule has 0 radical (unpaired) electrons. The fraction of sp³-hybridized carbons (Fsp3) is 0.281. The van der Waals surface area contributed by atoms with E-state index in [0.717, 1.165) is 28.1 Å². The van der Waals surface area contributed by atoms with E-state index >= 15 is 0 Å². The van der Waals surface area contributed by atoms with Gasteiger partial charge in [0.25, 0.3) is 0 Å². The van der Waals surface area contributed by atoms with Gasteiger partial charge in [0.15, 0.2) is 5.78 Å². The molecular weight excluding hydrogens is 460 g/mol. The number of carbonyl (C=O) groups excluding carboxylic acids is 2. The molecule has 0 saturated carbocycles. The van der Waals surface area contributed by atoms with Crippen LogP contribution in [-0.4, -0.2) is 31.6 Å². The number of carbonyl (C=O) groups is 2. The Morgan fingerprint density at radius 2 is 1.54 bits per heavy atom. The third kappa shape index (κ3) is 5.12. The van der Waals surface area contributed by atoms with E-state index in [9.17, 15) is 9.59 Å². The van der Waals surface area contributed by atoms with Crippen molar-refractivity contribution in [3.05, 3.63) is 113 Å². The first kappa shape index (κ1) is 24.7. The van der Waals surface area contributed by atoms with Crippen molar-refractivity contribution in [1.82, 2.24) is 0 Å². The van der Waals surface area contributed by atoms with Crippen LogP contribution in [0.25, 0.3) is 0 Å². The summed E-state index contributed by atoms with van der Waals surface area (Å²) in [4.78, 5) is 34.2. The van der Waals surface area contributed by atoms with Gasteiger partial charge in [0.1, 0.15) is 12.5 Å². The van der Waals surface area contributed by atoms with Crippen molar-refractivity contribution in [2.24, 2.45) is 10.9 Å². The lowest BCUT2D eigenvalue weighted by Crippen LogP contribution is -2.38. The van der Waals surface area contributed by atoms with E-state index in [4.69, 9.17) is 9.73 Å². The summed E-state index contributed by atoms with van der Waals surface area (Å²) in [5.74, 6) is -1.27. The van der Waals surface area contributed by atoms with Gasteiger partial charge in [-0.1, -0.05) is 72.8 Å². The van der Waals surface area contributed by atoms with E-state index in [1.165, 1.54) is 0 Å². The molecule has 1 aliphatic carbocycles. The van der Waals surface area contributed by atoms with Gasteiger partial charge >= 0.3 is 5.97 Å². The minimum atomic E-state index is -0.648. The highest BCUT2D eigenvalue weighted by Gasteiger charge is 2.44. The van der Waals surface area contributed by atoms with Crippen LogP contribution in [0.5, 0.6) is 0 Å². The molecule has 5 heteroatoms. The van der Waals surface area contributed by atoms with Crippen LogP contribution in [0.1, 0.15) is 48.3 Å². The molecule has 0 amide bonds. The number of allylic oxidation sites excluding steroid dienone is 2. The second-order valence-electron chi connectivity index (χ2n) is 10.1. The molecule has 0 aromatic heterocycles. The second kappa shape index (κ2) is 10.6. The van der Waals surface area contributed by atoms with Gasteiger partial charge < -0.3 is 9.64 Å². The molecule has 1 unspecified atom stereocenters. The molecule has 1 aliphatic heterocycles. The zero-order valence-corrected chi connectivity index (χ0v) is 21.6. The molecule has 0 saturated heterocycles. The Morgan fingerprint density at radius 1 is 0.892 bits per heavy atom. The maximum atomic E-state index is 13.7. The average Bonchev–Trinajstić information content (AvgIpc) is 2.92. The average molecular weight is 493 g/mol. The summed E-state index contributed by atoms with van der Waals surface area (Å²) in [7, 11) is 3.98. The Morgan fingerprint density at radius 3 is 2.19 bits per heavy atom. The molecule has 5 rings (SSSR count). The lowest BCUT2D eigenvalue weighted by molar-refractivity contribution is -0.148. The lowest BCUT2D eigenvalue weighted by atomic mass is 9.69. The summed E-state index contributed by atoms with van der Waals surface area (Å²) >= 11 is 0. The van der Waals surface area contributed by atoms with E-state index in [1.807, 2.05) is 98.7 Å². The molecule has 0 spiro atoms. The van der Waals surface area contributed by atoms with Gasteiger partial charge in [0.05, 0.1) is 0 Å². The standard InChI is InChI=1S/C32H32N2O3/c1-21-29(32(36)37-20-22-10-6-4-7-11-22)30(24-14-16-26(17-15-24)34(2)3)31-27(33-21)18-25(19-28(31)35)23-12-8-5-9-13-23/h4-17,25,29-30H,18-20H2,1-3H3/t25-,29?,30-/m0/s1. The van der Waals surface area contributed by atoms with E-state index in [2.05, 4.69) is 12.1 Å². The molecule has 0 fully saturated rings. The number of ketones is 1. The Kier molecular flexibility index (Phi) is 7.04. The minimum Gasteiger partial charge on any atom is -0.460 e. The first-order valence-corrected chi connectivity index (χ1v) is 12.8. The molecule has 1 heterocycles. The Labute approximate surface area is 218 Å². The van der Waals surface area contributed by atoms with Gasteiger partial charge in [0.2, 0.25) is 0 Å². The van der Waals surface area contributed by atoms with Crippen molar-refractivity contribution in [3.63, 3.8) is 0 Å². The number of aliphatic imine (C=N–C) groups is 1. The minimum absolute atomic E-state index is 0.0638. The van der Waals surface area contributed by atoms with Gasteiger partial charge in [0, 0.05) is 49.1 Å². The molecule has 5 nitrogen and oxygen atoms in total. The highest BCUT2D eigenvalue weighted by molar-refractivity contribution is 6.09. The van der Waals surface area contributed by atoms with Crippen molar-refractivity contribution >= 4 is 23.2 Å². The van der Waals surface area contributed by atoms with Gasteiger partial charge in [-0.15, -0.1) is 0 Å². The number of hydrogen-bond acceptors (Lipinski definition) is 5. The fourth-order valence-corrected chi connectivity index (χ4v) is 5.48. The highest BCUT2D eigenvalue weighted by atomic mass is 16.5. The van der Waals surface area contributed by atoms with Gasteiger partial charge in [-0.25, -0.2) is 0 Å². The third-order valence-corrected chi connectivity index (χ3v) is 7.41. The molecule has 0 N–H and O–H groups in total. The summed E-state index contributed by atoms with van der Waals surface area (Å²) in [5.41, 5.74) is 6.22. The smallest absolute Gasteiger partial charge is 0.315 e. The Hall–Kier alpha value is -3.99. The van der Waals surface area contributed by atoms with E-state index in [-0.39, 0.29) is 24.3 Å². The molecule has 0 bridgehead atoms. The van der Waals surface area contributed by atoms with Crippen LogP contribution in [0.15, 0.2) is 101 Å². The Bertz CT molecular complexity index is 1340. The van der Waals surface area contributed by atoms with Crippen molar-refractivity contribution in [2.75, 3.05) is 19.0 Å². The monoisotopic (exact) mass is 492 g/mol. The van der Waals surface area contributed by atoms with Crippen LogP contribution < -0.4 is 4.90 Å². The zero-order valence-electron chi connectivity index (χ0n) is 21.6. The van der Waals surface area contributed by atoms with Crippen LogP contribution >= 0.6 is 0 Å². The topological polar surface area (TPSA) is 59.0 Å². The van der Waals surface area contributed by atoms with E-state index in [1.54, 1.807) is 0 Å². The number of Topliss-reactive ketones (excluding diaryl/α,β-unsaturated/α-hetero) is 1. The Balaban J connectivity index is 1.52. The number of anilines is 1. The van der Waals surface area contributed by atoms with Gasteiger partial charge in [-0.3, -0.25) is 14.6 Å². The highest BCUT2D eigenvalue weighted by Crippen LogP contribution is 2.47. The predicted octanol–water partition coefficient (Wildman–Crippen LogP) is 6.07. The first-order chi connectivity index (χ1) is 17.9. The molecule has 37 heavy (non-hydrogen) atoms. The molecule has 188 valence electrons. The molecule has 2 aliphatic rings. The summed E-state index contributed by atoms with van der Waals surface area (Å²) in [6.07, 6.45) is 1.09. The van der Waals surface area contributed by atoms with Gasteiger partial charge in [-0.2, -0.15) is 0 Å². The van der Waals surface area contributed by atoms with Crippen LogP contribution in [0.3, 0.4) is 0 Å². The van der Waals surface area contributed by atoms with Crippen molar-refractivity contribution in [2.45, 2.75) is 38.2 Å². The van der Waals surface area contributed by atoms with Crippen LogP contribution in [0.2, 0.25) is 0 Å². The number of esters is 1. The normalized spacial score (nSPS) is 21.2. The van der Waals surface area contributed by atoms with Crippen molar-refractivity contribution < 1.29 is 14.3 Å². The number of benzene rings is 3. The fourth-order valence-electron chi connectivity index (χ4n) is 5.48.